The molecule has 18 heavy (non-hydrogen) atoms. The van der Waals surface area contributed by atoms with Crippen molar-refractivity contribution in [3.63, 3.8) is 0 Å². The van der Waals surface area contributed by atoms with Crippen LogP contribution >= 0.6 is 11.6 Å². The number of halogens is 1. The summed E-state index contributed by atoms with van der Waals surface area (Å²) in [6.45, 7) is 4.76. The number of nitrogens with zero attached hydrogens (tertiary/aromatic N) is 3. The summed E-state index contributed by atoms with van der Waals surface area (Å²) >= 11 is 6.11. The van der Waals surface area contributed by atoms with Crippen LogP contribution in [0.15, 0.2) is 24.5 Å². The van der Waals surface area contributed by atoms with Gasteiger partial charge in [-0.2, -0.15) is 0 Å². The van der Waals surface area contributed by atoms with Crippen molar-refractivity contribution in [3.8, 4) is 0 Å². The first-order valence-corrected chi connectivity index (χ1v) is 6.63. The third-order valence-electron chi connectivity index (χ3n) is 3.27. The van der Waals surface area contributed by atoms with Crippen LogP contribution in [0.1, 0.15) is 5.69 Å². The first-order chi connectivity index (χ1) is 8.83. The first-order valence-electron chi connectivity index (χ1n) is 6.25. The van der Waals surface area contributed by atoms with Gasteiger partial charge < -0.3 is 9.14 Å². The van der Waals surface area contributed by atoms with Gasteiger partial charge in [-0.05, 0) is 12.1 Å². The zero-order valence-corrected chi connectivity index (χ0v) is 10.9. The van der Waals surface area contributed by atoms with Gasteiger partial charge in [0, 0.05) is 38.4 Å². The lowest BCUT2D eigenvalue weighted by Gasteiger charge is -2.26. The average molecular weight is 266 g/mol. The van der Waals surface area contributed by atoms with Crippen LogP contribution in [-0.4, -0.2) is 47.1 Å². The summed E-state index contributed by atoms with van der Waals surface area (Å²) in [5, 5.41) is 0.704. The summed E-state index contributed by atoms with van der Waals surface area (Å²) in [5.41, 5.74) is 1.94. The van der Waals surface area contributed by atoms with E-state index in [1.807, 2.05) is 22.7 Å². The monoisotopic (exact) mass is 265 g/mol. The summed E-state index contributed by atoms with van der Waals surface area (Å²) in [6, 6.07) is 3.80. The van der Waals surface area contributed by atoms with Crippen LogP contribution in [0.3, 0.4) is 0 Å². The summed E-state index contributed by atoms with van der Waals surface area (Å²) in [4.78, 5) is 6.98. The molecule has 0 saturated carbocycles. The predicted octanol–water partition coefficient (Wildman–Crippen LogP) is 1.86. The van der Waals surface area contributed by atoms with E-state index in [1.54, 1.807) is 0 Å². The van der Waals surface area contributed by atoms with Crippen LogP contribution in [-0.2, 0) is 11.2 Å². The SMILES string of the molecule is Clc1cccn2cc(CCN3CCOCC3)nc12. The molecule has 2 aromatic heterocycles. The molecule has 0 spiro atoms. The molecular formula is C13H16ClN3O. The highest BCUT2D eigenvalue weighted by molar-refractivity contribution is 6.33. The molecule has 1 saturated heterocycles. The Morgan fingerprint density at radius 3 is 2.94 bits per heavy atom. The topological polar surface area (TPSA) is 29.8 Å². The Labute approximate surface area is 111 Å². The normalized spacial score (nSPS) is 17.4. The number of hydrogen-bond acceptors (Lipinski definition) is 3. The maximum Gasteiger partial charge on any atom is 0.155 e. The molecule has 1 aliphatic rings. The highest BCUT2D eigenvalue weighted by atomic mass is 35.5. The fourth-order valence-corrected chi connectivity index (χ4v) is 2.46. The minimum Gasteiger partial charge on any atom is -0.379 e. The van der Waals surface area contributed by atoms with E-state index in [-0.39, 0.29) is 0 Å². The van der Waals surface area contributed by atoms with E-state index in [2.05, 4.69) is 16.1 Å². The van der Waals surface area contributed by atoms with Gasteiger partial charge in [0.15, 0.2) is 5.65 Å². The van der Waals surface area contributed by atoms with Gasteiger partial charge in [-0.25, -0.2) is 4.98 Å². The van der Waals surface area contributed by atoms with Crippen molar-refractivity contribution < 1.29 is 4.74 Å². The van der Waals surface area contributed by atoms with Crippen LogP contribution in [0.5, 0.6) is 0 Å². The molecule has 0 aliphatic carbocycles. The standard InChI is InChI=1S/C13H16ClN3O/c14-12-2-1-4-17-10-11(15-13(12)17)3-5-16-6-8-18-9-7-16/h1-2,4,10H,3,5-9H2. The quantitative estimate of drug-likeness (QED) is 0.849. The first kappa shape index (κ1) is 12.0. The van der Waals surface area contributed by atoms with E-state index in [0.29, 0.717) is 5.02 Å². The third kappa shape index (κ3) is 2.51. The minimum absolute atomic E-state index is 0.704. The number of rotatable bonds is 3. The molecule has 0 bridgehead atoms. The maximum absolute atomic E-state index is 6.11. The van der Waals surface area contributed by atoms with E-state index in [1.165, 1.54) is 0 Å². The molecule has 96 valence electrons. The van der Waals surface area contributed by atoms with Crippen molar-refractivity contribution in [2.24, 2.45) is 0 Å². The third-order valence-corrected chi connectivity index (χ3v) is 3.57. The number of imidazole rings is 1. The van der Waals surface area contributed by atoms with Crippen molar-refractivity contribution in [2.75, 3.05) is 32.8 Å². The van der Waals surface area contributed by atoms with Gasteiger partial charge in [0.2, 0.25) is 0 Å². The smallest absolute Gasteiger partial charge is 0.155 e. The Kier molecular flexibility index (Phi) is 3.50. The zero-order valence-electron chi connectivity index (χ0n) is 10.2. The van der Waals surface area contributed by atoms with Crippen molar-refractivity contribution in [2.45, 2.75) is 6.42 Å². The number of morpholine rings is 1. The predicted molar refractivity (Wildman–Crippen MR) is 71.2 cm³/mol. The molecule has 5 heteroatoms. The van der Waals surface area contributed by atoms with E-state index >= 15 is 0 Å². The number of aromatic nitrogens is 2. The van der Waals surface area contributed by atoms with Crippen LogP contribution in [0.2, 0.25) is 5.02 Å². The van der Waals surface area contributed by atoms with Crippen molar-refractivity contribution in [1.82, 2.24) is 14.3 Å². The lowest BCUT2D eigenvalue weighted by Crippen LogP contribution is -2.37. The molecule has 0 unspecified atom stereocenters. The highest BCUT2D eigenvalue weighted by Gasteiger charge is 2.11. The van der Waals surface area contributed by atoms with Gasteiger partial charge in [0.05, 0.1) is 23.9 Å². The van der Waals surface area contributed by atoms with E-state index in [4.69, 9.17) is 16.3 Å². The largest absolute Gasteiger partial charge is 0.379 e. The lowest BCUT2D eigenvalue weighted by molar-refractivity contribution is 0.0383. The second-order valence-electron chi connectivity index (χ2n) is 4.52. The van der Waals surface area contributed by atoms with Crippen LogP contribution in [0.25, 0.3) is 5.65 Å². The molecular weight excluding hydrogens is 250 g/mol. The number of fused-ring (bicyclic) bond motifs is 1. The fourth-order valence-electron chi connectivity index (χ4n) is 2.25. The molecule has 4 nitrogen and oxygen atoms in total. The van der Waals surface area contributed by atoms with Gasteiger partial charge in [0.1, 0.15) is 0 Å². The molecule has 3 rings (SSSR count). The van der Waals surface area contributed by atoms with Crippen molar-refractivity contribution in [1.29, 1.82) is 0 Å². The molecule has 1 fully saturated rings. The Balaban J connectivity index is 1.69. The summed E-state index contributed by atoms with van der Waals surface area (Å²) in [6.07, 6.45) is 4.99. The van der Waals surface area contributed by atoms with Crippen LogP contribution in [0, 0.1) is 0 Å². The van der Waals surface area contributed by atoms with Gasteiger partial charge in [0.25, 0.3) is 0 Å². The molecule has 0 atom stereocenters. The number of pyridine rings is 1. The fraction of sp³-hybridized carbons (Fsp3) is 0.462. The summed E-state index contributed by atoms with van der Waals surface area (Å²) in [5.74, 6) is 0. The highest BCUT2D eigenvalue weighted by Crippen LogP contribution is 2.16. The van der Waals surface area contributed by atoms with Gasteiger partial charge in [-0.1, -0.05) is 11.6 Å². The Hall–Kier alpha value is -1.10. The Bertz CT molecular complexity index is 534. The van der Waals surface area contributed by atoms with E-state index in [9.17, 15) is 0 Å². The Morgan fingerprint density at radius 1 is 1.33 bits per heavy atom. The summed E-state index contributed by atoms with van der Waals surface area (Å²) < 4.78 is 7.32. The average Bonchev–Trinajstić information content (AvgIpc) is 2.82. The number of hydrogen-bond donors (Lipinski definition) is 0. The molecule has 0 radical (unpaired) electrons. The summed E-state index contributed by atoms with van der Waals surface area (Å²) in [7, 11) is 0. The van der Waals surface area contributed by atoms with Gasteiger partial charge >= 0.3 is 0 Å². The molecule has 0 aromatic carbocycles. The van der Waals surface area contributed by atoms with E-state index in [0.717, 1.165) is 50.6 Å². The maximum atomic E-state index is 6.11. The van der Waals surface area contributed by atoms with Crippen molar-refractivity contribution in [3.05, 3.63) is 35.2 Å². The second kappa shape index (κ2) is 5.26. The Morgan fingerprint density at radius 2 is 2.17 bits per heavy atom. The lowest BCUT2D eigenvalue weighted by atomic mass is 10.3. The van der Waals surface area contributed by atoms with E-state index < -0.39 is 0 Å². The molecule has 0 N–H and O–H groups in total. The molecule has 1 aliphatic heterocycles. The van der Waals surface area contributed by atoms with Crippen LogP contribution in [0.4, 0.5) is 0 Å². The van der Waals surface area contributed by atoms with Crippen molar-refractivity contribution >= 4 is 17.2 Å². The van der Waals surface area contributed by atoms with Crippen LogP contribution < -0.4 is 0 Å². The van der Waals surface area contributed by atoms with Gasteiger partial charge in [-0.15, -0.1) is 0 Å². The second-order valence-corrected chi connectivity index (χ2v) is 4.93. The zero-order chi connectivity index (χ0) is 12.4. The molecule has 2 aromatic rings. The molecule has 0 amide bonds. The number of ether oxygens (including phenoxy) is 1. The minimum atomic E-state index is 0.704. The molecule has 3 heterocycles. The van der Waals surface area contributed by atoms with Gasteiger partial charge in [-0.3, -0.25) is 4.90 Å².